The van der Waals surface area contributed by atoms with Crippen molar-refractivity contribution in [2.75, 3.05) is 12.4 Å². The summed E-state index contributed by atoms with van der Waals surface area (Å²) >= 11 is 3.42. The van der Waals surface area contributed by atoms with E-state index >= 15 is 0 Å². The number of nitriles is 1. The minimum atomic E-state index is 0.543. The Labute approximate surface area is 119 Å². The van der Waals surface area contributed by atoms with Gasteiger partial charge in [-0.3, -0.25) is 4.68 Å². The lowest BCUT2D eigenvalue weighted by atomic mass is 10.2. The van der Waals surface area contributed by atoms with Crippen LogP contribution in [0.3, 0.4) is 0 Å². The van der Waals surface area contributed by atoms with Crippen LogP contribution in [-0.2, 0) is 7.05 Å². The summed E-state index contributed by atoms with van der Waals surface area (Å²) in [5.74, 6) is 1.40. The molecular formula is C13H13BrN4O. The van der Waals surface area contributed by atoms with E-state index in [4.69, 9.17) is 10.00 Å². The van der Waals surface area contributed by atoms with E-state index in [0.29, 0.717) is 17.1 Å². The van der Waals surface area contributed by atoms with Gasteiger partial charge in [0.1, 0.15) is 23.2 Å². The zero-order valence-corrected chi connectivity index (χ0v) is 12.4. The molecule has 0 aliphatic carbocycles. The van der Waals surface area contributed by atoms with Crippen LogP contribution in [0.25, 0.3) is 0 Å². The van der Waals surface area contributed by atoms with Crippen LogP contribution in [-0.4, -0.2) is 16.9 Å². The van der Waals surface area contributed by atoms with Crippen LogP contribution < -0.4 is 10.1 Å². The van der Waals surface area contributed by atoms with E-state index in [1.54, 1.807) is 18.8 Å². The first-order valence-electron chi connectivity index (χ1n) is 5.60. The van der Waals surface area contributed by atoms with Gasteiger partial charge in [0.2, 0.25) is 0 Å². The third-order valence-electron chi connectivity index (χ3n) is 2.70. The minimum absolute atomic E-state index is 0.543. The van der Waals surface area contributed by atoms with Crippen molar-refractivity contribution in [2.45, 2.75) is 6.92 Å². The molecule has 1 N–H and O–H groups in total. The summed E-state index contributed by atoms with van der Waals surface area (Å²) in [5, 5.41) is 16.6. The van der Waals surface area contributed by atoms with E-state index in [-0.39, 0.29) is 0 Å². The third-order valence-corrected chi connectivity index (χ3v) is 3.16. The van der Waals surface area contributed by atoms with Gasteiger partial charge in [-0.2, -0.15) is 10.4 Å². The normalized spacial score (nSPS) is 10.1. The maximum absolute atomic E-state index is 9.17. The van der Waals surface area contributed by atoms with Gasteiger partial charge in [0.05, 0.1) is 12.8 Å². The Morgan fingerprint density at radius 2 is 2.16 bits per heavy atom. The van der Waals surface area contributed by atoms with Crippen molar-refractivity contribution in [3.8, 4) is 11.8 Å². The first kappa shape index (κ1) is 13.4. The Morgan fingerprint density at radius 1 is 1.42 bits per heavy atom. The van der Waals surface area contributed by atoms with Crippen LogP contribution in [0, 0.1) is 18.3 Å². The van der Waals surface area contributed by atoms with Gasteiger partial charge in [-0.05, 0) is 19.1 Å². The number of aryl methyl sites for hydroxylation is 2. The second kappa shape index (κ2) is 5.33. The monoisotopic (exact) mass is 320 g/mol. The average molecular weight is 321 g/mol. The van der Waals surface area contributed by atoms with Crippen molar-refractivity contribution in [1.82, 2.24) is 9.78 Å². The van der Waals surface area contributed by atoms with E-state index in [9.17, 15) is 0 Å². The summed E-state index contributed by atoms with van der Waals surface area (Å²) < 4.78 is 7.76. The van der Waals surface area contributed by atoms with Crippen molar-refractivity contribution < 1.29 is 4.74 Å². The van der Waals surface area contributed by atoms with E-state index in [2.05, 4.69) is 32.4 Å². The molecule has 0 spiro atoms. The van der Waals surface area contributed by atoms with Gasteiger partial charge < -0.3 is 10.1 Å². The Morgan fingerprint density at radius 3 is 2.79 bits per heavy atom. The van der Waals surface area contributed by atoms with Crippen LogP contribution in [0.15, 0.2) is 22.7 Å². The van der Waals surface area contributed by atoms with Gasteiger partial charge >= 0.3 is 0 Å². The lowest BCUT2D eigenvalue weighted by molar-refractivity contribution is 0.415. The predicted octanol–water partition coefficient (Wildman–Crippen LogP) is 3.11. The van der Waals surface area contributed by atoms with E-state index in [1.807, 2.05) is 25.1 Å². The number of rotatable bonds is 3. The van der Waals surface area contributed by atoms with Gasteiger partial charge in [0.25, 0.3) is 0 Å². The highest BCUT2D eigenvalue weighted by Gasteiger charge is 2.13. The lowest BCUT2D eigenvalue weighted by Crippen LogP contribution is -2.00. The Hall–Kier alpha value is -2.00. The van der Waals surface area contributed by atoms with Crippen LogP contribution in [0.2, 0.25) is 0 Å². The summed E-state index contributed by atoms with van der Waals surface area (Å²) in [6.45, 7) is 1.81. The second-order valence-corrected chi connectivity index (χ2v) is 4.96. The van der Waals surface area contributed by atoms with Crippen LogP contribution in [0.5, 0.6) is 5.75 Å². The maximum Gasteiger partial charge on any atom is 0.146 e. The number of nitrogens with one attached hydrogen (secondary N) is 1. The smallest absolute Gasteiger partial charge is 0.146 e. The van der Waals surface area contributed by atoms with Crippen LogP contribution in [0.1, 0.15) is 11.3 Å². The van der Waals surface area contributed by atoms with Crippen molar-refractivity contribution in [3.05, 3.63) is 33.9 Å². The van der Waals surface area contributed by atoms with Gasteiger partial charge in [-0.15, -0.1) is 0 Å². The van der Waals surface area contributed by atoms with E-state index in [1.165, 1.54) is 0 Å². The molecule has 5 nitrogen and oxygen atoms in total. The third kappa shape index (κ3) is 2.71. The number of methoxy groups -OCH3 is 1. The molecule has 2 rings (SSSR count). The van der Waals surface area contributed by atoms with Gasteiger partial charge in [-0.25, -0.2) is 0 Å². The van der Waals surface area contributed by atoms with Gasteiger partial charge in [0, 0.05) is 23.3 Å². The minimum Gasteiger partial charge on any atom is -0.497 e. The molecule has 1 aromatic heterocycles. The largest absolute Gasteiger partial charge is 0.497 e. The van der Waals surface area contributed by atoms with Crippen LogP contribution >= 0.6 is 15.9 Å². The molecule has 0 atom stereocenters. The molecule has 19 heavy (non-hydrogen) atoms. The molecule has 0 amide bonds. The molecule has 98 valence electrons. The fourth-order valence-electron chi connectivity index (χ4n) is 1.82. The number of hydrogen-bond acceptors (Lipinski definition) is 4. The molecule has 0 saturated carbocycles. The fraction of sp³-hybridized carbons (Fsp3) is 0.231. The van der Waals surface area contributed by atoms with Crippen molar-refractivity contribution in [1.29, 1.82) is 5.26 Å². The van der Waals surface area contributed by atoms with Gasteiger partial charge in [0.15, 0.2) is 0 Å². The lowest BCUT2D eigenvalue weighted by Gasteiger charge is -2.09. The van der Waals surface area contributed by atoms with Gasteiger partial charge in [-0.1, -0.05) is 15.9 Å². The number of ether oxygens (including phenoxy) is 1. The standard InChI is InChI=1S/C13H13BrN4O/c1-8-12(7-15)13(18(2)17-8)16-10-4-9(14)5-11(6-10)19-3/h4-6,16H,1-3H3. The summed E-state index contributed by atoms with van der Waals surface area (Å²) in [6.07, 6.45) is 0. The van der Waals surface area contributed by atoms with Crippen molar-refractivity contribution in [2.24, 2.45) is 7.05 Å². The number of hydrogen-bond donors (Lipinski definition) is 1. The molecule has 0 aliphatic rings. The average Bonchev–Trinajstić information content (AvgIpc) is 2.63. The molecular weight excluding hydrogens is 308 g/mol. The molecule has 0 saturated heterocycles. The van der Waals surface area contributed by atoms with Crippen molar-refractivity contribution >= 4 is 27.4 Å². The van der Waals surface area contributed by atoms with E-state index < -0.39 is 0 Å². The Bertz CT molecular complexity index is 657. The first-order chi connectivity index (χ1) is 9.05. The Balaban J connectivity index is 2.42. The predicted molar refractivity (Wildman–Crippen MR) is 76.6 cm³/mol. The highest BCUT2D eigenvalue weighted by atomic mass is 79.9. The number of aromatic nitrogens is 2. The fourth-order valence-corrected chi connectivity index (χ4v) is 2.30. The number of benzene rings is 1. The second-order valence-electron chi connectivity index (χ2n) is 4.05. The SMILES string of the molecule is COc1cc(Br)cc(Nc2c(C#N)c(C)nn2C)c1. The highest BCUT2D eigenvalue weighted by Crippen LogP contribution is 2.28. The van der Waals surface area contributed by atoms with Crippen molar-refractivity contribution in [3.63, 3.8) is 0 Å². The number of anilines is 2. The maximum atomic E-state index is 9.17. The molecule has 0 aliphatic heterocycles. The quantitative estimate of drug-likeness (QED) is 0.943. The molecule has 6 heteroatoms. The number of nitrogens with zero attached hydrogens (tertiary/aromatic N) is 3. The molecule has 0 radical (unpaired) electrons. The molecule has 0 unspecified atom stereocenters. The molecule has 1 heterocycles. The summed E-state index contributed by atoms with van der Waals surface area (Å²) in [7, 11) is 3.41. The zero-order valence-electron chi connectivity index (χ0n) is 10.9. The molecule has 0 fully saturated rings. The summed E-state index contributed by atoms with van der Waals surface area (Å²) in [6, 6.07) is 7.79. The first-order valence-corrected chi connectivity index (χ1v) is 6.39. The van der Waals surface area contributed by atoms with E-state index in [0.717, 1.165) is 15.9 Å². The molecule has 2 aromatic rings. The summed E-state index contributed by atoms with van der Waals surface area (Å²) in [5.41, 5.74) is 2.07. The number of halogens is 1. The topological polar surface area (TPSA) is 62.9 Å². The molecule has 1 aromatic carbocycles. The Kier molecular flexibility index (Phi) is 3.76. The zero-order chi connectivity index (χ0) is 14.0. The highest BCUT2D eigenvalue weighted by molar-refractivity contribution is 9.10. The summed E-state index contributed by atoms with van der Waals surface area (Å²) in [4.78, 5) is 0. The molecule has 0 bridgehead atoms. The van der Waals surface area contributed by atoms with Crippen LogP contribution in [0.4, 0.5) is 11.5 Å².